The molecule has 0 bridgehead atoms. The van der Waals surface area contributed by atoms with Gasteiger partial charge < -0.3 is 16.4 Å². The Morgan fingerprint density at radius 3 is 2.67 bits per heavy atom. The van der Waals surface area contributed by atoms with Crippen LogP contribution >= 0.6 is 12.4 Å². The summed E-state index contributed by atoms with van der Waals surface area (Å²) in [6.45, 7) is 5.39. The molecule has 6 heteroatoms. The van der Waals surface area contributed by atoms with Crippen molar-refractivity contribution < 1.29 is 9.59 Å². The monoisotopic (exact) mass is 353 g/mol. The number of carbonyl (C=O) groups excluding carboxylic acids is 2. The smallest absolute Gasteiger partial charge is 0.225 e. The second-order valence-electron chi connectivity index (χ2n) is 6.84. The highest BCUT2D eigenvalue weighted by atomic mass is 35.5. The molecular formula is C18H28ClN3O2. The van der Waals surface area contributed by atoms with Gasteiger partial charge in [0, 0.05) is 18.2 Å². The highest BCUT2D eigenvalue weighted by Gasteiger charge is 2.38. The van der Waals surface area contributed by atoms with Crippen molar-refractivity contribution in [2.75, 3.05) is 5.32 Å². The molecule has 3 atom stereocenters. The van der Waals surface area contributed by atoms with Gasteiger partial charge >= 0.3 is 0 Å². The molecule has 0 aliphatic heterocycles. The molecule has 2 amide bonds. The van der Waals surface area contributed by atoms with Gasteiger partial charge in [0.1, 0.15) is 0 Å². The Morgan fingerprint density at radius 1 is 1.33 bits per heavy atom. The summed E-state index contributed by atoms with van der Waals surface area (Å²) in [5, 5.41) is 5.83. The molecule has 5 nitrogen and oxygen atoms in total. The van der Waals surface area contributed by atoms with Gasteiger partial charge in [-0.25, -0.2) is 0 Å². The molecule has 1 aromatic rings. The van der Waals surface area contributed by atoms with Crippen molar-refractivity contribution in [3.8, 4) is 0 Å². The fraction of sp³-hybridized carbons (Fsp3) is 0.556. The topological polar surface area (TPSA) is 84.2 Å². The van der Waals surface area contributed by atoms with E-state index >= 15 is 0 Å². The Labute approximate surface area is 150 Å². The van der Waals surface area contributed by atoms with Crippen LogP contribution in [-0.4, -0.2) is 17.4 Å². The Balaban J connectivity index is 0.00000288. The third-order valence-electron chi connectivity index (χ3n) is 4.64. The van der Waals surface area contributed by atoms with Gasteiger partial charge in [-0.1, -0.05) is 25.0 Å². The lowest BCUT2D eigenvalue weighted by Crippen LogP contribution is -2.53. The van der Waals surface area contributed by atoms with Crippen LogP contribution in [0.2, 0.25) is 0 Å². The summed E-state index contributed by atoms with van der Waals surface area (Å²) < 4.78 is 0. The van der Waals surface area contributed by atoms with Gasteiger partial charge in [-0.15, -0.1) is 12.4 Å². The van der Waals surface area contributed by atoms with Gasteiger partial charge in [0.05, 0.1) is 12.0 Å². The Kier molecular flexibility index (Phi) is 7.24. The van der Waals surface area contributed by atoms with Gasteiger partial charge in [-0.3, -0.25) is 9.59 Å². The first-order valence-electron chi connectivity index (χ1n) is 8.26. The van der Waals surface area contributed by atoms with E-state index in [1.807, 2.05) is 38.1 Å². The van der Waals surface area contributed by atoms with E-state index in [9.17, 15) is 9.59 Å². The third kappa shape index (κ3) is 5.21. The molecule has 1 aliphatic rings. The molecular weight excluding hydrogens is 326 g/mol. The maximum atomic E-state index is 12.6. The predicted octanol–water partition coefficient (Wildman–Crippen LogP) is 3.15. The molecule has 2 rings (SSSR count). The Morgan fingerprint density at radius 2 is 2.04 bits per heavy atom. The van der Waals surface area contributed by atoms with E-state index < -0.39 is 5.54 Å². The number of hydrogen-bond acceptors (Lipinski definition) is 3. The van der Waals surface area contributed by atoms with Crippen LogP contribution in [0.4, 0.5) is 5.69 Å². The predicted molar refractivity (Wildman–Crippen MR) is 99.1 cm³/mol. The zero-order valence-electron chi connectivity index (χ0n) is 14.6. The fourth-order valence-electron chi connectivity index (χ4n) is 3.28. The number of hydrogen-bond donors (Lipinski definition) is 3. The van der Waals surface area contributed by atoms with Crippen LogP contribution in [0.3, 0.4) is 0 Å². The lowest BCUT2D eigenvalue weighted by molar-refractivity contribution is -0.128. The van der Waals surface area contributed by atoms with Gasteiger partial charge in [0.25, 0.3) is 0 Å². The lowest BCUT2D eigenvalue weighted by Gasteiger charge is -2.37. The second kappa shape index (κ2) is 8.49. The quantitative estimate of drug-likeness (QED) is 0.777. The molecule has 3 unspecified atom stereocenters. The van der Waals surface area contributed by atoms with E-state index in [0.717, 1.165) is 36.9 Å². The van der Waals surface area contributed by atoms with Crippen molar-refractivity contribution in [1.29, 1.82) is 0 Å². The lowest BCUT2D eigenvalue weighted by atomic mass is 9.74. The first kappa shape index (κ1) is 20.5. The van der Waals surface area contributed by atoms with E-state index in [0.29, 0.717) is 0 Å². The summed E-state index contributed by atoms with van der Waals surface area (Å²) in [5.74, 6) is -0.232. The fourth-order valence-corrected chi connectivity index (χ4v) is 3.28. The molecule has 1 aromatic carbocycles. The Hall–Kier alpha value is -1.59. The first-order chi connectivity index (χ1) is 10.8. The average Bonchev–Trinajstić information content (AvgIpc) is 2.46. The number of rotatable bonds is 4. The molecule has 0 aromatic heterocycles. The minimum atomic E-state index is -0.430. The summed E-state index contributed by atoms with van der Waals surface area (Å²) in [6, 6.07) is 7.40. The van der Waals surface area contributed by atoms with Crippen molar-refractivity contribution in [3.63, 3.8) is 0 Å². The maximum Gasteiger partial charge on any atom is 0.225 e. The minimum absolute atomic E-state index is 0. The maximum absolute atomic E-state index is 12.6. The third-order valence-corrected chi connectivity index (χ3v) is 4.64. The highest BCUT2D eigenvalue weighted by molar-refractivity contribution is 5.88. The standard InChI is InChI=1S/C18H27N3O2.ClH/c1-12(14-7-6-8-15(11-14)21-13(2)22)20-17(23)16-9-4-5-10-18(16,3)19;/h6-8,11-12,16H,4-5,9-10,19H2,1-3H3,(H,20,23)(H,21,22);1H. The molecule has 0 saturated heterocycles. The number of benzene rings is 1. The van der Waals surface area contributed by atoms with Crippen molar-refractivity contribution in [1.82, 2.24) is 5.32 Å². The molecule has 0 heterocycles. The van der Waals surface area contributed by atoms with Crippen LogP contribution in [-0.2, 0) is 9.59 Å². The van der Waals surface area contributed by atoms with Gasteiger partial charge in [-0.05, 0) is 44.4 Å². The molecule has 0 radical (unpaired) electrons. The summed E-state index contributed by atoms with van der Waals surface area (Å²) in [5.41, 5.74) is 7.57. The molecule has 1 fully saturated rings. The number of halogens is 1. The van der Waals surface area contributed by atoms with E-state index in [-0.39, 0.29) is 36.2 Å². The summed E-state index contributed by atoms with van der Waals surface area (Å²) in [6.07, 6.45) is 3.87. The van der Waals surface area contributed by atoms with Crippen molar-refractivity contribution in [2.24, 2.45) is 11.7 Å². The minimum Gasteiger partial charge on any atom is -0.349 e. The normalized spacial score (nSPS) is 24.4. The molecule has 0 spiro atoms. The second-order valence-corrected chi connectivity index (χ2v) is 6.84. The van der Waals surface area contributed by atoms with Crippen LogP contribution < -0.4 is 16.4 Å². The molecule has 4 N–H and O–H groups in total. The first-order valence-corrected chi connectivity index (χ1v) is 8.26. The molecule has 24 heavy (non-hydrogen) atoms. The number of carbonyl (C=O) groups is 2. The van der Waals surface area contributed by atoms with E-state index in [4.69, 9.17) is 5.73 Å². The van der Waals surface area contributed by atoms with E-state index in [2.05, 4.69) is 10.6 Å². The summed E-state index contributed by atoms with van der Waals surface area (Å²) in [7, 11) is 0. The van der Waals surface area contributed by atoms with Crippen molar-refractivity contribution in [3.05, 3.63) is 29.8 Å². The van der Waals surface area contributed by atoms with Crippen molar-refractivity contribution in [2.45, 2.75) is 58.0 Å². The zero-order valence-corrected chi connectivity index (χ0v) is 15.4. The van der Waals surface area contributed by atoms with Crippen LogP contribution in [0.15, 0.2) is 24.3 Å². The SMILES string of the molecule is CC(=O)Nc1cccc(C(C)NC(=O)C2CCCCC2(C)N)c1.Cl. The van der Waals surface area contributed by atoms with Gasteiger partial charge in [0.15, 0.2) is 0 Å². The van der Waals surface area contributed by atoms with Gasteiger partial charge in [0.2, 0.25) is 11.8 Å². The summed E-state index contributed by atoms with van der Waals surface area (Å²) in [4.78, 5) is 23.8. The average molecular weight is 354 g/mol. The number of amides is 2. The number of anilines is 1. The van der Waals surface area contributed by atoms with E-state index in [1.54, 1.807) is 0 Å². The zero-order chi connectivity index (χ0) is 17.0. The largest absolute Gasteiger partial charge is 0.349 e. The molecule has 1 aliphatic carbocycles. The molecule has 134 valence electrons. The van der Waals surface area contributed by atoms with Gasteiger partial charge in [-0.2, -0.15) is 0 Å². The number of nitrogens with two attached hydrogens (primary N) is 1. The van der Waals surface area contributed by atoms with Crippen molar-refractivity contribution >= 4 is 29.9 Å². The van der Waals surface area contributed by atoms with Crippen LogP contribution in [0.25, 0.3) is 0 Å². The number of nitrogens with one attached hydrogen (secondary N) is 2. The van der Waals surface area contributed by atoms with Crippen LogP contribution in [0.5, 0.6) is 0 Å². The molecule has 1 saturated carbocycles. The Bertz CT molecular complexity index is 589. The van der Waals surface area contributed by atoms with E-state index in [1.165, 1.54) is 6.92 Å². The highest BCUT2D eigenvalue weighted by Crippen LogP contribution is 2.32. The summed E-state index contributed by atoms with van der Waals surface area (Å²) >= 11 is 0. The van der Waals surface area contributed by atoms with Crippen LogP contribution in [0.1, 0.15) is 58.1 Å². The van der Waals surface area contributed by atoms with Crippen LogP contribution in [0, 0.1) is 5.92 Å².